The molecule has 1 heterocycles. The molecule has 0 saturated heterocycles. The van der Waals surface area contributed by atoms with E-state index in [9.17, 15) is 4.39 Å². The molecule has 0 atom stereocenters. The SMILES string of the molecule is NCc1nc(F)ccc1I. The van der Waals surface area contributed by atoms with E-state index in [0.29, 0.717) is 5.69 Å². The van der Waals surface area contributed by atoms with Crippen LogP contribution in [0.4, 0.5) is 4.39 Å². The maximum Gasteiger partial charge on any atom is 0.213 e. The largest absolute Gasteiger partial charge is 0.325 e. The highest BCUT2D eigenvalue weighted by Gasteiger charge is 1.99. The number of halogens is 2. The first-order valence-corrected chi connectivity index (χ1v) is 3.83. The van der Waals surface area contributed by atoms with Crippen LogP contribution in [-0.2, 0) is 6.54 Å². The van der Waals surface area contributed by atoms with Crippen molar-refractivity contribution in [1.29, 1.82) is 0 Å². The number of rotatable bonds is 1. The van der Waals surface area contributed by atoms with Gasteiger partial charge in [-0.1, -0.05) is 0 Å². The number of hydrogen-bond acceptors (Lipinski definition) is 2. The molecule has 4 heteroatoms. The molecule has 1 aromatic rings. The van der Waals surface area contributed by atoms with Crippen LogP contribution < -0.4 is 5.73 Å². The molecular formula is C6H6FIN2. The molecule has 0 spiro atoms. The number of aromatic nitrogens is 1. The zero-order valence-electron chi connectivity index (χ0n) is 5.14. The smallest absolute Gasteiger partial charge is 0.213 e. The Balaban J connectivity index is 3.09. The minimum atomic E-state index is -0.471. The predicted octanol–water partition coefficient (Wildman–Crippen LogP) is 1.28. The first-order valence-electron chi connectivity index (χ1n) is 2.75. The summed E-state index contributed by atoms with van der Waals surface area (Å²) in [6, 6.07) is 2.98. The minimum absolute atomic E-state index is 0.288. The van der Waals surface area contributed by atoms with Crippen molar-refractivity contribution in [3.63, 3.8) is 0 Å². The van der Waals surface area contributed by atoms with Crippen molar-refractivity contribution in [2.24, 2.45) is 5.73 Å². The van der Waals surface area contributed by atoms with E-state index >= 15 is 0 Å². The summed E-state index contributed by atoms with van der Waals surface area (Å²) in [6.45, 7) is 0.288. The second-order valence-electron chi connectivity index (χ2n) is 1.77. The summed E-state index contributed by atoms with van der Waals surface area (Å²) in [5, 5.41) is 0. The average Bonchev–Trinajstić information content (AvgIpc) is 1.94. The fraction of sp³-hybridized carbons (Fsp3) is 0.167. The molecule has 0 radical (unpaired) electrons. The Morgan fingerprint density at radius 1 is 1.60 bits per heavy atom. The van der Waals surface area contributed by atoms with Gasteiger partial charge >= 0.3 is 0 Å². The van der Waals surface area contributed by atoms with Gasteiger partial charge in [0.05, 0.1) is 5.69 Å². The van der Waals surface area contributed by atoms with Crippen molar-refractivity contribution in [3.8, 4) is 0 Å². The predicted molar refractivity (Wildman–Crippen MR) is 44.8 cm³/mol. The summed E-state index contributed by atoms with van der Waals surface area (Å²) in [7, 11) is 0. The third kappa shape index (κ3) is 1.63. The summed E-state index contributed by atoms with van der Waals surface area (Å²) in [6.07, 6.45) is 0. The van der Waals surface area contributed by atoms with Crippen LogP contribution in [-0.4, -0.2) is 4.98 Å². The average molecular weight is 252 g/mol. The monoisotopic (exact) mass is 252 g/mol. The molecule has 0 aromatic carbocycles. The fourth-order valence-electron chi connectivity index (χ4n) is 0.601. The van der Waals surface area contributed by atoms with E-state index in [2.05, 4.69) is 27.6 Å². The quantitative estimate of drug-likeness (QED) is 0.604. The van der Waals surface area contributed by atoms with Crippen LogP contribution in [0.2, 0.25) is 0 Å². The van der Waals surface area contributed by atoms with Crippen molar-refractivity contribution >= 4 is 22.6 Å². The summed E-state index contributed by atoms with van der Waals surface area (Å²) in [4.78, 5) is 3.59. The summed E-state index contributed by atoms with van der Waals surface area (Å²) < 4.78 is 13.3. The first kappa shape index (κ1) is 7.87. The molecule has 0 amide bonds. The molecule has 0 saturated carbocycles. The molecule has 2 N–H and O–H groups in total. The van der Waals surface area contributed by atoms with Gasteiger partial charge in [-0.3, -0.25) is 0 Å². The molecule has 0 aliphatic heterocycles. The van der Waals surface area contributed by atoms with Crippen molar-refractivity contribution in [2.45, 2.75) is 6.54 Å². The molecule has 10 heavy (non-hydrogen) atoms. The molecule has 1 rings (SSSR count). The molecule has 1 aromatic heterocycles. The van der Waals surface area contributed by atoms with Crippen molar-refractivity contribution in [1.82, 2.24) is 4.98 Å². The van der Waals surface area contributed by atoms with Crippen molar-refractivity contribution in [2.75, 3.05) is 0 Å². The van der Waals surface area contributed by atoms with Crippen LogP contribution in [0.15, 0.2) is 12.1 Å². The minimum Gasteiger partial charge on any atom is -0.325 e. The lowest BCUT2D eigenvalue weighted by molar-refractivity contribution is 0.576. The molecule has 0 unspecified atom stereocenters. The summed E-state index contributed by atoms with van der Waals surface area (Å²) >= 11 is 2.07. The highest BCUT2D eigenvalue weighted by atomic mass is 127. The Morgan fingerprint density at radius 3 is 2.80 bits per heavy atom. The molecule has 54 valence electrons. The highest BCUT2D eigenvalue weighted by molar-refractivity contribution is 14.1. The number of nitrogens with two attached hydrogens (primary N) is 1. The van der Waals surface area contributed by atoms with E-state index in [0.717, 1.165) is 3.57 Å². The number of nitrogens with zero attached hydrogens (tertiary/aromatic N) is 1. The maximum atomic E-state index is 12.4. The van der Waals surface area contributed by atoms with E-state index in [-0.39, 0.29) is 6.54 Å². The summed E-state index contributed by atoms with van der Waals surface area (Å²) in [5.41, 5.74) is 5.90. The van der Waals surface area contributed by atoms with E-state index in [1.165, 1.54) is 6.07 Å². The third-order valence-corrected chi connectivity index (χ3v) is 2.06. The topological polar surface area (TPSA) is 38.9 Å². The van der Waals surface area contributed by atoms with E-state index in [1.807, 2.05) is 0 Å². The Morgan fingerprint density at radius 2 is 2.30 bits per heavy atom. The first-order chi connectivity index (χ1) is 4.74. The zero-order chi connectivity index (χ0) is 7.56. The highest BCUT2D eigenvalue weighted by Crippen LogP contribution is 2.08. The molecule has 0 bridgehead atoms. The molecule has 0 aliphatic rings. The summed E-state index contributed by atoms with van der Waals surface area (Å²) in [5.74, 6) is -0.471. The van der Waals surface area contributed by atoms with E-state index < -0.39 is 5.95 Å². The van der Waals surface area contributed by atoms with Crippen LogP contribution >= 0.6 is 22.6 Å². The normalized spacial score (nSPS) is 9.90. The zero-order valence-corrected chi connectivity index (χ0v) is 7.30. The molecular weight excluding hydrogens is 246 g/mol. The number of hydrogen-bond donors (Lipinski definition) is 1. The van der Waals surface area contributed by atoms with Gasteiger partial charge in [0.15, 0.2) is 0 Å². The van der Waals surface area contributed by atoms with Gasteiger partial charge in [-0.05, 0) is 34.7 Å². The Hall–Kier alpha value is -0.230. The van der Waals surface area contributed by atoms with Crippen LogP contribution in [0.5, 0.6) is 0 Å². The Labute approximate surface area is 71.8 Å². The van der Waals surface area contributed by atoms with Gasteiger partial charge in [0, 0.05) is 10.1 Å². The standard InChI is InChI=1S/C6H6FIN2/c7-6-2-1-4(8)5(3-9)10-6/h1-2H,3,9H2. The van der Waals surface area contributed by atoms with Gasteiger partial charge in [-0.2, -0.15) is 4.39 Å². The molecule has 2 nitrogen and oxygen atoms in total. The Kier molecular flexibility index (Phi) is 2.56. The molecule has 0 aliphatic carbocycles. The lowest BCUT2D eigenvalue weighted by Crippen LogP contribution is -2.03. The van der Waals surface area contributed by atoms with Crippen LogP contribution in [0.25, 0.3) is 0 Å². The Bertz CT molecular complexity index is 239. The maximum absolute atomic E-state index is 12.4. The van der Waals surface area contributed by atoms with Crippen LogP contribution in [0.3, 0.4) is 0 Å². The van der Waals surface area contributed by atoms with E-state index in [1.54, 1.807) is 6.07 Å². The van der Waals surface area contributed by atoms with Gasteiger partial charge in [0.25, 0.3) is 0 Å². The van der Waals surface area contributed by atoms with E-state index in [4.69, 9.17) is 5.73 Å². The van der Waals surface area contributed by atoms with Crippen molar-refractivity contribution < 1.29 is 4.39 Å². The van der Waals surface area contributed by atoms with Gasteiger partial charge < -0.3 is 5.73 Å². The van der Waals surface area contributed by atoms with Crippen LogP contribution in [0, 0.1) is 9.52 Å². The lowest BCUT2D eigenvalue weighted by atomic mass is 10.3. The third-order valence-electron chi connectivity index (χ3n) is 1.08. The molecule has 0 fully saturated rings. The second kappa shape index (κ2) is 3.25. The van der Waals surface area contributed by atoms with Gasteiger partial charge in [0.1, 0.15) is 0 Å². The lowest BCUT2D eigenvalue weighted by Gasteiger charge is -1.97. The van der Waals surface area contributed by atoms with Gasteiger partial charge in [-0.25, -0.2) is 4.98 Å². The van der Waals surface area contributed by atoms with Gasteiger partial charge in [-0.15, -0.1) is 0 Å². The number of pyridine rings is 1. The fourth-order valence-corrected chi connectivity index (χ4v) is 1.12. The van der Waals surface area contributed by atoms with Crippen LogP contribution in [0.1, 0.15) is 5.69 Å². The van der Waals surface area contributed by atoms with Gasteiger partial charge in [0.2, 0.25) is 5.95 Å². The second-order valence-corrected chi connectivity index (χ2v) is 2.93. The van der Waals surface area contributed by atoms with Crippen molar-refractivity contribution in [3.05, 3.63) is 27.3 Å².